The lowest BCUT2D eigenvalue weighted by Gasteiger charge is -2.22. The third-order valence-electron chi connectivity index (χ3n) is 3.08. The van der Waals surface area contributed by atoms with Gasteiger partial charge in [-0.05, 0) is 32.7 Å². The van der Waals surface area contributed by atoms with Crippen molar-refractivity contribution in [3.05, 3.63) is 0 Å². The fourth-order valence-electron chi connectivity index (χ4n) is 1.95. The zero-order valence-corrected chi connectivity index (χ0v) is 10.4. The van der Waals surface area contributed by atoms with Gasteiger partial charge < -0.3 is 10.4 Å². The first-order chi connectivity index (χ1) is 8.08. The average Bonchev–Trinajstić information content (AvgIpc) is 2.76. The van der Waals surface area contributed by atoms with Crippen molar-refractivity contribution in [1.29, 1.82) is 0 Å². The molecule has 2 unspecified atom stereocenters. The molecule has 3 N–H and O–H groups in total. The first-order valence-electron chi connectivity index (χ1n) is 6.02. The van der Waals surface area contributed by atoms with Crippen LogP contribution in [0.4, 0.5) is 4.79 Å². The van der Waals surface area contributed by atoms with Crippen LogP contribution in [-0.2, 0) is 4.79 Å². The van der Waals surface area contributed by atoms with Crippen LogP contribution in [0.1, 0.15) is 20.3 Å². The monoisotopic (exact) mass is 243 g/mol. The Labute approximate surface area is 101 Å². The minimum Gasteiger partial charge on any atom is -0.396 e. The van der Waals surface area contributed by atoms with Gasteiger partial charge in [-0.1, -0.05) is 0 Å². The number of imide groups is 1. The van der Waals surface area contributed by atoms with Gasteiger partial charge in [-0.2, -0.15) is 0 Å². The number of rotatable bonds is 4. The summed E-state index contributed by atoms with van der Waals surface area (Å²) in [5.74, 6) is -0.0516. The van der Waals surface area contributed by atoms with Crippen molar-refractivity contribution in [2.45, 2.75) is 26.3 Å². The molecule has 3 amide bonds. The second kappa shape index (κ2) is 6.56. The smallest absolute Gasteiger partial charge is 0.321 e. The highest BCUT2D eigenvalue weighted by Crippen LogP contribution is 2.17. The van der Waals surface area contributed by atoms with Crippen molar-refractivity contribution >= 4 is 11.9 Å². The van der Waals surface area contributed by atoms with Crippen molar-refractivity contribution in [2.75, 3.05) is 26.2 Å². The van der Waals surface area contributed by atoms with E-state index in [9.17, 15) is 9.59 Å². The molecule has 0 bridgehead atoms. The van der Waals surface area contributed by atoms with Gasteiger partial charge in [-0.25, -0.2) is 4.79 Å². The Kier molecular flexibility index (Phi) is 5.37. The van der Waals surface area contributed by atoms with Gasteiger partial charge >= 0.3 is 6.03 Å². The van der Waals surface area contributed by atoms with Gasteiger partial charge in [0, 0.05) is 19.7 Å². The zero-order valence-electron chi connectivity index (χ0n) is 10.4. The van der Waals surface area contributed by atoms with E-state index in [0.29, 0.717) is 13.1 Å². The van der Waals surface area contributed by atoms with Crippen molar-refractivity contribution in [1.82, 2.24) is 15.5 Å². The van der Waals surface area contributed by atoms with Crippen LogP contribution < -0.4 is 10.6 Å². The average molecular weight is 243 g/mol. The van der Waals surface area contributed by atoms with E-state index in [1.807, 2.05) is 4.90 Å². The van der Waals surface area contributed by atoms with E-state index in [2.05, 4.69) is 10.6 Å². The number of amides is 3. The Morgan fingerprint density at radius 1 is 1.53 bits per heavy atom. The normalized spacial score (nSPS) is 22.2. The van der Waals surface area contributed by atoms with Crippen molar-refractivity contribution < 1.29 is 14.7 Å². The van der Waals surface area contributed by atoms with Crippen LogP contribution in [0.3, 0.4) is 0 Å². The van der Waals surface area contributed by atoms with Crippen LogP contribution in [0.5, 0.6) is 0 Å². The number of aliphatic hydroxyl groups excluding tert-OH is 1. The van der Waals surface area contributed by atoms with Crippen LogP contribution in [0.2, 0.25) is 0 Å². The molecule has 1 rings (SSSR count). The first-order valence-corrected chi connectivity index (χ1v) is 6.02. The maximum atomic E-state index is 11.7. The van der Waals surface area contributed by atoms with Crippen molar-refractivity contribution in [3.8, 4) is 0 Å². The largest absolute Gasteiger partial charge is 0.396 e. The third-order valence-corrected chi connectivity index (χ3v) is 3.08. The number of carbonyl (C=O) groups excluding carboxylic acids is 2. The highest BCUT2D eigenvalue weighted by Gasteiger charge is 2.29. The number of nitrogens with one attached hydrogen (secondary N) is 2. The topological polar surface area (TPSA) is 81.7 Å². The number of nitrogens with zero attached hydrogens (tertiary/aromatic N) is 1. The molecule has 98 valence electrons. The maximum absolute atomic E-state index is 11.7. The van der Waals surface area contributed by atoms with Gasteiger partial charge in [0.15, 0.2) is 0 Å². The van der Waals surface area contributed by atoms with Crippen LogP contribution in [0.15, 0.2) is 0 Å². The van der Waals surface area contributed by atoms with Gasteiger partial charge in [0.1, 0.15) is 0 Å². The number of hydrogen-bond donors (Lipinski definition) is 3. The highest BCUT2D eigenvalue weighted by atomic mass is 16.3. The van der Waals surface area contributed by atoms with Crippen LogP contribution >= 0.6 is 0 Å². The summed E-state index contributed by atoms with van der Waals surface area (Å²) in [6.45, 7) is 5.70. The predicted molar refractivity (Wildman–Crippen MR) is 63.4 cm³/mol. The number of urea groups is 1. The lowest BCUT2D eigenvalue weighted by Crippen LogP contribution is -2.49. The summed E-state index contributed by atoms with van der Waals surface area (Å²) in [5, 5.41) is 13.8. The molecule has 6 heteroatoms. The molecule has 2 atom stereocenters. The molecule has 1 heterocycles. The number of carbonyl (C=O) groups is 2. The molecule has 1 aliphatic rings. The quantitative estimate of drug-likeness (QED) is 0.624. The standard InChI is InChI=1S/C11H21N3O3/c1-3-12-11(17)13-10(16)8(2)14-5-4-9(6-14)7-15/h8-9,15H,3-7H2,1-2H3,(H2,12,13,16,17). The number of likely N-dealkylation sites (tertiary alicyclic amines) is 1. The summed E-state index contributed by atoms with van der Waals surface area (Å²) in [6, 6.07) is -0.795. The Balaban J connectivity index is 2.39. The Hall–Kier alpha value is -1.14. The molecular weight excluding hydrogens is 222 g/mol. The Morgan fingerprint density at radius 3 is 2.76 bits per heavy atom. The summed E-state index contributed by atoms with van der Waals surface area (Å²) in [7, 11) is 0. The molecule has 0 aromatic carbocycles. The van der Waals surface area contributed by atoms with Gasteiger partial charge in [0.05, 0.1) is 6.04 Å². The molecule has 0 saturated carbocycles. The molecule has 1 aliphatic heterocycles. The third kappa shape index (κ3) is 3.98. The van der Waals surface area contributed by atoms with Crippen molar-refractivity contribution in [3.63, 3.8) is 0 Å². The minimum atomic E-state index is -0.456. The molecule has 6 nitrogen and oxygen atoms in total. The molecular formula is C11H21N3O3. The van der Waals surface area contributed by atoms with E-state index in [-0.39, 0.29) is 24.5 Å². The molecule has 1 fully saturated rings. The number of hydrogen-bond acceptors (Lipinski definition) is 4. The predicted octanol–water partition coefficient (Wildman–Crippen LogP) is -0.465. The minimum absolute atomic E-state index is 0.154. The van der Waals surface area contributed by atoms with Crippen molar-refractivity contribution in [2.24, 2.45) is 5.92 Å². The molecule has 0 aliphatic carbocycles. The summed E-state index contributed by atoms with van der Waals surface area (Å²) in [4.78, 5) is 24.9. The van der Waals surface area contributed by atoms with E-state index in [1.165, 1.54) is 0 Å². The molecule has 0 radical (unpaired) electrons. The summed E-state index contributed by atoms with van der Waals surface area (Å²) >= 11 is 0. The fourth-order valence-corrected chi connectivity index (χ4v) is 1.95. The highest BCUT2D eigenvalue weighted by molar-refractivity contribution is 5.96. The lowest BCUT2D eigenvalue weighted by atomic mass is 10.1. The van der Waals surface area contributed by atoms with E-state index >= 15 is 0 Å². The van der Waals surface area contributed by atoms with Crippen LogP contribution in [-0.4, -0.2) is 54.2 Å². The fraction of sp³-hybridized carbons (Fsp3) is 0.818. The molecule has 17 heavy (non-hydrogen) atoms. The zero-order chi connectivity index (χ0) is 12.8. The van der Waals surface area contributed by atoms with E-state index in [4.69, 9.17) is 5.11 Å². The van der Waals surface area contributed by atoms with Gasteiger partial charge in [0.2, 0.25) is 5.91 Å². The van der Waals surface area contributed by atoms with Gasteiger partial charge in [-0.15, -0.1) is 0 Å². The molecule has 0 spiro atoms. The first kappa shape index (κ1) is 13.9. The second-order valence-corrected chi connectivity index (χ2v) is 4.36. The summed E-state index contributed by atoms with van der Waals surface area (Å²) < 4.78 is 0. The number of aliphatic hydroxyl groups is 1. The lowest BCUT2D eigenvalue weighted by molar-refractivity contribution is -0.124. The summed E-state index contributed by atoms with van der Waals surface area (Å²) in [6.07, 6.45) is 0.898. The maximum Gasteiger partial charge on any atom is 0.321 e. The van der Waals surface area contributed by atoms with E-state index < -0.39 is 6.03 Å². The summed E-state index contributed by atoms with van der Waals surface area (Å²) in [5.41, 5.74) is 0. The Bertz CT molecular complexity index is 283. The van der Waals surface area contributed by atoms with E-state index in [0.717, 1.165) is 13.0 Å². The Morgan fingerprint density at radius 2 is 2.24 bits per heavy atom. The van der Waals surface area contributed by atoms with Crippen LogP contribution in [0.25, 0.3) is 0 Å². The van der Waals surface area contributed by atoms with Gasteiger partial charge in [-0.3, -0.25) is 15.0 Å². The van der Waals surface area contributed by atoms with E-state index in [1.54, 1.807) is 13.8 Å². The second-order valence-electron chi connectivity index (χ2n) is 4.36. The molecule has 0 aromatic heterocycles. The van der Waals surface area contributed by atoms with Gasteiger partial charge in [0.25, 0.3) is 0 Å². The molecule has 1 saturated heterocycles. The van der Waals surface area contributed by atoms with Crippen LogP contribution in [0, 0.1) is 5.92 Å². The molecule has 0 aromatic rings. The SMILES string of the molecule is CCNC(=O)NC(=O)C(C)N1CCC(CO)C1.